The SMILES string of the molecule is COc1ccc(C2CCc3ccc(OC)c(CC=C(C)C)c3O2)cc1. The van der Waals surface area contributed by atoms with Gasteiger partial charge in [-0.15, -0.1) is 0 Å². The fourth-order valence-corrected chi connectivity index (χ4v) is 3.23. The summed E-state index contributed by atoms with van der Waals surface area (Å²) in [6.07, 6.45) is 5.10. The number of hydrogen-bond acceptors (Lipinski definition) is 3. The zero-order chi connectivity index (χ0) is 17.8. The van der Waals surface area contributed by atoms with Crippen LogP contribution in [0.25, 0.3) is 0 Å². The molecule has 0 radical (unpaired) electrons. The van der Waals surface area contributed by atoms with Crippen molar-refractivity contribution in [3.05, 3.63) is 64.7 Å². The lowest BCUT2D eigenvalue weighted by Crippen LogP contribution is -2.17. The van der Waals surface area contributed by atoms with Gasteiger partial charge in [0.25, 0.3) is 0 Å². The van der Waals surface area contributed by atoms with Gasteiger partial charge in [-0.25, -0.2) is 0 Å². The van der Waals surface area contributed by atoms with Gasteiger partial charge in [0.2, 0.25) is 0 Å². The maximum atomic E-state index is 6.45. The first-order valence-corrected chi connectivity index (χ1v) is 8.75. The summed E-state index contributed by atoms with van der Waals surface area (Å²) in [5, 5.41) is 0. The number of methoxy groups -OCH3 is 2. The first-order valence-electron chi connectivity index (χ1n) is 8.75. The fraction of sp³-hybridized carbons (Fsp3) is 0.364. The second-order valence-electron chi connectivity index (χ2n) is 6.64. The average molecular weight is 338 g/mol. The molecule has 3 rings (SSSR count). The molecule has 1 aliphatic rings. The Kier molecular flexibility index (Phi) is 5.32. The van der Waals surface area contributed by atoms with E-state index in [4.69, 9.17) is 14.2 Å². The monoisotopic (exact) mass is 338 g/mol. The van der Waals surface area contributed by atoms with E-state index in [-0.39, 0.29) is 6.10 Å². The zero-order valence-electron chi connectivity index (χ0n) is 15.5. The molecular weight excluding hydrogens is 312 g/mol. The van der Waals surface area contributed by atoms with Gasteiger partial charge in [0.1, 0.15) is 23.4 Å². The topological polar surface area (TPSA) is 27.7 Å². The molecule has 1 atom stereocenters. The molecule has 0 bridgehead atoms. The molecule has 1 aliphatic heterocycles. The van der Waals surface area contributed by atoms with E-state index in [1.165, 1.54) is 16.7 Å². The van der Waals surface area contributed by atoms with Crippen molar-refractivity contribution in [3.8, 4) is 17.2 Å². The van der Waals surface area contributed by atoms with E-state index in [2.05, 4.69) is 44.2 Å². The van der Waals surface area contributed by atoms with Crippen LogP contribution in [0.2, 0.25) is 0 Å². The number of fused-ring (bicyclic) bond motifs is 1. The minimum absolute atomic E-state index is 0.0657. The molecule has 0 fully saturated rings. The molecule has 0 saturated carbocycles. The summed E-state index contributed by atoms with van der Waals surface area (Å²) >= 11 is 0. The van der Waals surface area contributed by atoms with Gasteiger partial charge in [0.05, 0.1) is 14.2 Å². The van der Waals surface area contributed by atoms with Crippen LogP contribution in [0.5, 0.6) is 17.2 Å². The molecule has 2 aromatic rings. The van der Waals surface area contributed by atoms with E-state index in [0.717, 1.165) is 42.1 Å². The summed E-state index contributed by atoms with van der Waals surface area (Å²) in [6.45, 7) is 4.23. The quantitative estimate of drug-likeness (QED) is 0.694. The van der Waals surface area contributed by atoms with Gasteiger partial charge in [0.15, 0.2) is 0 Å². The van der Waals surface area contributed by atoms with Crippen molar-refractivity contribution in [2.24, 2.45) is 0 Å². The van der Waals surface area contributed by atoms with Crippen LogP contribution in [0.4, 0.5) is 0 Å². The second kappa shape index (κ2) is 7.64. The predicted molar refractivity (Wildman–Crippen MR) is 101 cm³/mol. The zero-order valence-corrected chi connectivity index (χ0v) is 15.5. The number of benzene rings is 2. The van der Waals surface area contributed by atoms with Crippen LogP contribution >= 0.6 is 0 Å². The van der Waals surface area contributed by atoms with Crippen LogP contribution in [-0.2, 0) is 12.8 Å². The highest BCUT2D eigenvalue weighted by molar-refractivity contribution is 5.52. The Morgan fingerprint density at radius 1 is 1.08 bits per heavy atom. The molecule has 2 aromatic carbocycles. The summed E-state index contributed by atoms with van der Waals surface area (Å²) in [6, 6.07) is 12.3. The molecule has 0 saturated heterocycles. The van der Waals surface area contributed by atoms with Crippen molar-refractivity contribution in [2.45, 2.75) is 39.2 Å². The molecule has 1 unspecified atom stereocenters. The Hall–Kier alpha value is -2.42. The molecule has 0 aliphatic carbocycles. The van der Waals surface area contributed by atoms with E-state index in [9.17, 15) is 0 Å². The number of aryl methyl sites for hydroxylation is 1. The minimum Gasteiger partial charge on any atom is -0.497 e. The normalized spacial score (nSPS) is 15.8. The van der Waals surface area contributed by atoms with Crippen LogP contribution in [0.3, 0.4) is 0 Å². The number of rotatable bonds is 5. The Labute approximate surface area is 150 Å². The highest BCUT2D eigenvalue weighted by atomic mass is 16.5. The van der Waals surface area contributed by atoms with E-state index in [1.807, 2.05) is 12.1 Å². The minimum atomic E-state index is 0.0657. The van der Waals surface area contributed by atoms with E-state index < -0.39 is 0 Å². The molecule has 0 spiro atoms. The standard InChI is InChI=1S/C22H26O3/c1-15(2)5-12-19-21(24-4)14-9-17-8-13-20(25-22(17)19)16-6-10-18(23-3)11-7-16/h5-7,9-11,14,20H,8,12-13H2,1-4H3. The highest BCUT2D eigenvalue weighted by Gasteiger charge is 2.25. The summed E-state index contributed by atoms with van der Waals surface area (Å²) in [4.78, 5) is 0. The lowest BCUT2D eigenvalue weighted by Gasteiger charge is -2.29. The molecule has 3 nitrogen and oxygen atoms in total. The largest absolute Gasteiger partial charge is 0.497 e. The Morgan fingerprint density at radius 3 is 2.48 bits per heavy atom. The summed E-state index contributed by atoms with van der Waals surface area (Å²) < 4.78 is 17.3. The third kappa shape index (κ3) is 3.81. The fourth-order valence-electron chi connectivity index (χ4n) is 3.23. The molecular formula is C22H26O3. The van der Waals surface area contributed by atoms with Gasteiger partial charge in [-0.3, -0.25) is 0 Å². The van der Waals surface area contributed by atoms with Gasteiger partial charge >= 0.3 is 0 Å². The van der Waals surface area contributed by atoms with Crippen LogP contribution in [0, 0.1) is 0 Å². The second-order valence-corrected chi connectivity index (χ2v) is 6.64. The number of allylic oxidation sites excluding steroid dienone is 2. The number of hydrogen-bond donors (Lipinski definition) is 0. The van der Waals surface area contributed by atoms with Crippen molar-refractivity contribution in [1.29, 1.82) is 0 Å². The maximum Gasteiger partial charge on any atom is 0.130 e. The van der Waals surface area contributed by atoms with E-state index in [0.29, 0.717) is 0 Å². The van der Waals surface area contributed by atoms with E-state index >= 15 is 0 Å². The third-order valence-corrected chi connectivity index (χ3v) is 4.66. The van der Waals surface area contributed by atoms with Crippen LogP contribution < -0.4 is 14.2 Å². The van der Waals surface area contributed by atoms with Crippen LogP contribution in [0.1, 0.15) is 43.1 Å². The molecule has 1 heterocycles. The summed E-state index contributed by atoms with van der Waals surface area (Å²) in [5.41, 5.74) is 4.88. The highest BCUT2D eigenvalue weighted by Crippen LogP contribution is 2.41. The van der Waals surface area contributed by atoms with Gasteiger partial charge in [0, 0.05) is 5.56 Å². The molecule has 3 heteroatoms. The first kappa shape index (κ1) is 17.4. The smallest absolute Gasteiger partial charge is 0.130 e. The van der Waals surface area contributed by atoms with Gasteiger partial charge in [-0.05, 0) is 62.4 Å². The van der Waals surface area contributed by atoms with Crippen LogP contribution in [0.15, 0.2) is 48.0 Å². The van der Waals surface area contributed by atoms with Crippen molar-refractivity contribution >= 4 is 0 Å². The predicted octanol–water partition coefficient (Wildman–Crippen LogP) is 5.28. The van der Waals surface area contributed by atoms with Crippen LogP contribution in [-0.4, -0.2) is 14.2 Å². The first-order chi connectivity index (χ1) is 12.1. The lowest BCUT2D eigenvalue weighted by atomic mass is 9.94. The van der Waals surface area contributed by atoms with E-state index in [1.54, 1.807) is 14.2 Å². The maximum absolute atomic E-state index is 6.45. The Balaban J connectivity index is 1.93. The molecule has 132 valence electrons. The molecule has 25 heavy (non-hydrogen) atoms. The van der Waals surface area contributed by atoms with Crippen molar-refractivity contribution < 1.29 is 14.2 Å². The average Bonchev–Trinajstić information content (AvgIpc) is 2.65. The van der Waals surface area contributed by atoms with Gasteiger partial charge in [-0.1, -0.05) is 29.8 Å². The number of ether oxygens (including phenoxy) is 3. The summed E-state index contributed by atoms with van der Waals surface area (Å²) in [7, 11) is 3.40. The molecule has 0 N–H and O–H groups in total. The molecule has 0 amide bonds. The molecule has 0 aromatic heterocycles. The van der Waals surface area contributed by atoms with Gasteiger partial charge in [-0.2, -0.15) is 0 Å². The lowest BCUT2D eigenvalue weighted by molar-refractivity contribution is 0.174. The Morgan fingerprint density at radius 2 is 1.84 bits per heavy atom. The Bertz CT molecular complexity index is 756. The summed E-state index contributed by atoms with van der Waals surface area (Å²) in [5.74, 6) is 2.75. The van der Waals surface area contributed by atoms with Crippen molar-refractivity contribution in [2.75, 3.05) is 14.2 Å². The van der Waals surface area contributed by atoms with Gasteiger partial charge < -0.3 is 14.2 Å². The third-order valence-electron chi connectivity index (χ3n) is 4.66. The van der Waals surface area contributed by atoms with Crippen molar-refractivity contribution in [3.63, 3.8) is 0 Å². The van der Waals surface area contributed by atoms with Crippen molar-refractivity contribution in [1.82, 2.24) is 0 Å².